The van der Waals surface area contributed by atoms with Gasteiger partial charge in [-0.05, 0) is 25.1 Å². The van der Waals surface area contributed by atoms with E-state index in [0.29, 0.717) is 6.04 Å². The van der Waals surface area contributed by atoms with Gasteiger partial charge in [0.15, 0.2) is 0 Å². The van der Waals surface area contributed by atoms with Crippen LogP contribution in [0.3, 0.4) is 0 Å². The van der Waals surface area contributed by atoms with Crippen molar-refractivity contribution < 1.29 is 4.74 Å². The molecule has 1 aliphatic heterocycles. The average Bonchev–Trinajstić information content (AvgIpc) is 2.52. The average molecular weight is 356 g/mol. The van der Waals surface area contributed by atoms with E-state index in [1.165, 1.54) is 5.56 Å². The standard InChI is InChI=1S/C17H21N3O.2ClH/c1-14-11-19-9-10-20(14)13-15-5-2-3-7-17(15)21-16-6-4-8-18-12-16;;/h2-8,12,14,19H,9-11,13H2,1H3;2*1H/t14-;;/m1../s1. The van der Waals surface area contributed by atoms with Crippen molar-refractivity contribution in [3.63, 3.8) is 0 Å². The molecule has 0 saturated carbocycles. The van der Waals surface area contributed by atoms with Crippen LogP contribution in [0.4, 0.5) is 0 Å². The molecule has 1 aromatic carbocycles. The second-order valence-electron chi connectivity index (χ2n) is 5.42. The van der Waals surface area contributed by atoms with E-state index in [2.05, 4.69) is 34.3 Å². The van der Waals surface area contributed by atoms with Gasteiger partial charge in [-0.15, -0.1) is 24.8 Å². The van der Waals surface area contributed by atoms with Crippen molar-refractivity contribution in [2.45, 2.75) is 19.5 Å². The SMILES string of the molecule is C[C@@H]1CNCCN1Cc1ccccc1Oc1cccnc1.Cl.Cl. The third-order valence-corrected chi connectivity index (χ3v) is 3.85. The molecule has 0 radical (unpaired) electrons. The quantitative estimate of drug-likeness (QED) is 0.910. The maximum Gasteiger partial charge on any atom is 0.145 e. The van der Waals surface area contributed by atoms with Gasteiger partial charge in [0.1, 0.15) is 11.5 Å². The first kappa shape index (κ1) is 19.7. The predicted octanol–water partition coefficient (Wildman–Crippen LogP) is 3.51. The molecule has 1 N–H and O–H groups in total. The van der Waals surface area contributed by atoms with Gasteiger partial charge in [0.05, 0.1) is 6.20 Å². The molecule has 1 aromatic heterocycles. The van der Waals surface area contributed by atoms with Crippen LogP contribution in [0.1, 0.15) is 12.5 Å². The molecule has 3 rings (SSSR count). The van der Waals surface area contributed by atoms with E-state index in [0.717, 1.165) is 37.7 Å². The summed E-state index contributed by atoms with van der Waals surface area (Å²) in [6.45, 7) is 6.35. The number of ether oxygens (including phenoxy) is 1. The van der Waals surface area contributed by atoms with Crippen molar-refractivity contribution in [3.8, 4) is 11.5 Å². The van der Waals surface area contributed by atoms with Crippen LogP contribution in [0.15, 0.2) is 48.8 Å². The Kier molecular flexibility index (Phi) is 8.34. The summed E-state index contributed by atoms with van der Waals surface area (Å²) in [5.41, 5.74) is 1.22. The van der Waals surface area contributed by atoms with Crippen LogP contribution in [0.5, 0.6) is 11.5 Å². The first-order chi connectivity index (χ1) is 10.3. The highest BCUT2D eigenvalue weighted by molar-refractivity contribution is 5.85. The maximum absolute atomic E-state index is 5.98. The number of hydrogen-bond donors (Lipinski definition) is 1. The lowest BCUT2D eigenvalue weighted by atomic mass is 10.1. The number of halogens is 2. The van der Waals surface area contributed by atoms with E-state index in [1.54, 1.807) is 12.4 Å². The Bertz CT molecular complexity index is 583. The first-order valence-electron chi connectivity index (χ1n) is 7.43. The largest absolute Gasteiger partial charge is 0.455 e. The van der Waals surface area contributed by atoms with E-state index < -0.39 is 0 Å². The summed E-state index contributed by atoms with van der Waals surface area (Å²) in [4.78, 5) is 6.58. The predicted molar refractivity (Wildman–Crippen MR) is 98.0 cm³/mol. The molecule has 0 amide bonds. The molecular formula is C17H23Cl2N3O. The van der Waals surface area contributed by atoms with Crippen molar-refractivity contribution in [2.24, 2.45) is 0 Å². The van der Waals surface area contributed by atoms with Gasteiger partial charge in [-0.2, -0.15) is 0 Å². The van der Waals surface area contributed by atoms with Crippen LogP contribution in [-0.4, -0.2) is 35.6 Å². The molecule has 0 bridgehead atoms. The van der Waals surface area contributed by atoms with Crippen LogP contribution in [0.25, 0.3) is 0 Å². The number of rotatable bonds is 4. The summed E-state index contributed by atoms with van der Waals surface area (Å²) < 4.78 is 5.98. The van der Waals surface area contributed by atoms with Gasteiger partial charge in [-0.25, -0.2) is 0 Å². The van der Waals surface area contributed by atoms with Crippen LogP contribution in [0, 0.1) is 0 Å². The summed E-state index contributed by atoms with van der Waals surface area (Å²) in [7, 11) is 0. The number of nitrogens with zero attached hydrogens (tertiary/aromatic N) is 2. The minimum absolute atomic E-state index is 0. The second kappa shape index (κ2) is 9.73. The minimum atomic E-state index is 0. The molecule has 126 valence electrons. The minimum Gasteiger partial charge on any atom is -0.455 e. The molecule has 1 fully saturated rings. The molecule has 2 aromatic rings. The number of aromatic nitrogens is 1. The summed E-state index contributed by atoms with van der Waals surface area (Å²) in [5.74, 6) is 1.69. The normalized spacial score (nSPS) is 17.7. The fourth-order valence-electron chi connectivity index (χ4n) is 2.61. The highest BCUT2D eigenvalue weighted by Crippen LogP contribution is 2.26. The van der Waals surface area contributed by atoms with E-state index in [4.69, 9.17) is 4.74 Å². The zero-order chi connectivity index (χ0) is 14.5. The van der Waals surface area contributed by atoms with Crippen molar-refractivity contribution in [1.82, 2.24) is 15.2 Å². The van der Waals surface area contributed by atoms with Gasteiger partial charge in [-0.3, -0.25) is 9.88 Å². The number of nitrogens with one attached hydrogen (secondary N) is 1. The third kappa shape index (κ3) is 5.36. The molecule has 4 nitrogen and oxygen atoms in total. The van der Waals surface area contributed by atoms with E-state index in [9.17, 15) is 0 Å². The lowest BCUT2D eigenvalue weighted by Crippen LogP contribution is -2.49. The van der Waals surface area contributed by atoms with Gasteiger partial charge in [0.2, 0.25) is 0 Å². The van der Waals surface area contributed by atoms with Crippen LogP contribution >= 0.6 is 24.8 Å². The zero-order valence-corrected chi connectivity index (χ0v) is 14.8. The second-order valence-corrected chi connectivity index (χ2v) is 5.42. The Hall–Kier alpha value is -1.33. The Morgan fingerprint density at radius 2 is 2.04 bits per heavy atom. The van der Waals surface area contributed by atoms with Crippen molar-refractivity contribution in [3.05, 3.63) is 54.4 Å². The Balaban J connectivity index is 0.00000132. The Morgan fingerprint density at radius 1 is 1.22 bits per heavy atom. The lowest BCUT2D eigenvalue weighted by Gasteiger charge is -2.34. The highest BCUT2D eigenvalue weighted by atomic mass is 35.5. The molecule has 6 heteroatoms. The van der Waals surface area contributed by atoms with Gasteiger partial charge in [0, 0.05) is 44.0 Å². The Morgan fingerprint density at radius 3 is 2.78 bits per heavy atom. The molecule has 1 aliphatic rings. The molecule has 0 spiro atoms. The zero-order valence-electron chi connectivity index (χ0n) is 13.1. The van der Waals surface area contributed by atoms with Crippen molar-refractivity contribution >= 4 is 24.8 Å². The fraction of sp³-hybridized carbons (Fsp3) is 0.353. The molecule has 0 aliphatic carbocycles. The number of para-hydroxylation sites is 1. The molecule has 2 heterocycles. The third-order valence-electron chi connectivity index (χ3n) is 3.85. The molecule has 23 heavy (non-hydrogen) atoms. The maximum atomic E-state index is 5.98. The van der Waals surface area contributed by atoms with Gasteiger partial charge >= 0.3 is 0 Å². The van der Waals surface area contributed by atoms with Crippen molar-refractivity contribution in [2.75, 3.05) is 19.6 Å². The lowest BCUT2D eigenvalue weighted by molar-refractivity contribution is 0.164. The smallest absolute Gasteiger partial charge is 0.145 e. The first-order valence-corrected chi connectivity index (χ1v) is 7.43. The highest BCUT2D eigenvalue weighted by Gasteiger charge is 2.19. The summed E-state index contributed by atoms with van der Waals surface area (Å²) in [6.07, 6.45) is 3.49. The van der Waals surface area contributed by atoms with Crippen LogP contribution in [0.2, 0.25) is 0 Å². The molecule has 1 saturated heterocycles. The summed E-state index contributed by atoms with van der Waals surface area (Å²) in [6, 6.07) is 12.6. The van der Waals surface area contributed by atoms with Gasteiger partial charge in [0.25, 0.3) is 0 Å². The number of hydrogen-bond acceptors (Lipinski definition) is 4. The van der Waals surface area contributed by atoms with E-state index >= 15 is 0 Å². The molecule has 1 atom stereocenters. The van der Waals surface area contributed by atoms with E-state index in [-0.39, 0.29) is 24.8 Å². The Labute approximate surface area is 150 Å². The monoisotopic (exact) mass is 355 g/mol. The van der Waals surface area contributed by atoms with Crippen LogP contribution < -0.4 is 10.1 Å². The summed E-state index contributed by atoms with van der Waals surface area (Å²) in [5, 5.41) is 3.42. The molecule has 0 unspecified atom stereocenters. The van der Waals surface area contributed by atoms with Crippen molar-refractivity contribution in [1.29, 1.82) is 0 Å². The van der Waals surface area contributed by atoms with Crippen LogP contribution in [-0.2, 0) is 6.54 Å². The van der Waals surface area contributed by atoms with E-state index in [1.807, 2.05) is 24.3 Å². The topological polar surface area (TPSA) is 37.4 Å². The van der Waals surface area contributed by atoms with Gasteiger partial charge in [-0.1, -0.05) is 18.2 Å². The number of piperazine rings is 1. The molecular weight excluding hydrogens is 333 g/mol. The fourth-order valence-corrected chi connectivity index (χ4v) is 2.61. The van der Waals surface area contributed by atoms with Gasteiger partial charge < -0.3 is 10.1 Å². The number of benzene rings is 1. The number of pyridine rings is 1. The summed E-state index contributed by atoms with van der Waals surface area (Å²) >= 11 is 0.